The summed E-state index contributed by atoms with van der Waals surface area (Å²) in [6.07, 6.45) is 8.53. The van der Waals surface area contributed by atoms with E-state index in [0.29, 0.717) is 5.92 Å². The first-order valence-corrected chi connectivity index (χ1v) is 11.7. The van der Waals surface area contributed by atoms with Crippen LogP contribution in [0.15, 0.2) is 91.0 Å². The molecule has 2 unspecified atom stereocenters. The summed E-state index contributed by atoms with van der Waals surface area (Å²) >= 11 is 0. The van der Waals surface area contributed by atoms with E-state index in [2.05, 4.69) is 107 Å². The standard InChI is InChI=1S/C28H35P.HI/c1-2-3-7-20-27(21-24-14-8-4-9-15-24)28(29,22-25-16-10-5-11-17-25)23-26-18-12-6-13-19-26;/h4-6,8-19,27H,2-3,7,20-23,29H2,1H3;1H. The zero-order valence-corrected chi connectivity index (χ0v) is 21.7. The van der Waals surface area contributed by atoms with Crippen molar-refractivity contribution in [2.24, 2.45) is 5.92 Å². The molecule has 2 heteroatoms. The van der Waals surface area contributed by atoms with Crippen LogP contribution in [-0.4, -0.2) is 5.16 Å². The molecular formula is C28H36IP. The van der Waals surface area contributed by atoms with Crippen molar-refractivity contribution in [1.82, 2.24) is 0 Å². The highest BCUT2D eigenvalue weighted by Gasteiger charge is 2.34. The summed E-state index contributed by atoms with van der Waals surface area (Å²) in [4.78, 5) is 0. The van der Waals surface area contributed by atoms with Gasteiger partial charge in [-0.05, 0) is 53.4 Å². The van der Waals surface area contributed by atoms with Crippen LogP contribution in [0.4, 0.5) is 0 Å². The molecule has 0 aliphatic heterocycles. The second-order valence-corrected chi connectivity index (χ2v) is 9.59. The maximum atomic E-state index is 3.33. The van der Waals surface area contributed by atoms with Crippen molar-refractivity contribution < 1.29 is 0 Å². The summed E-state index contributed by atoms with van der Waals surface area (Å²) in [6.45, 7) is 2.30. The predicted octanol–water partition coefficient (Wildman–Crippen LogP) is 8.14. The molecule has 3 rings (SSSR count). The van der Waals surface area contributed by atoms with E-state index in [-0.39, 0.29) is 29.1 Å². The van der Waals surface area contributed by atoms with Gasteiger partial charge in [0.2, 0.25) is 0 Å². The van der Waals surface area contributed by atoms with Gasteiger partial charge < -0.3 is 0 Å². The Morgan fingerprint density at radius 1 is 0.667 bits per heavy atom. The largest absolute Gasteiger partial charge is 0.130 e. The zero-order valence-electron chi connectivity index (χ0n) is 18.2. The smallest absolute Gasteiger partial charge is 0.00385 e. The Labute approximate surface area is 203 Å². The molecule has 3 aromatic carbocycles. The lowest BCUT2D eigenvalue weighted by atomic mass is 9.75. The molecule has 0 heterocycles. The molecule has 0 saturated heterocycles. The van der Waals surface area contributed by atoms with E-state index in [1.54, 1.807) is 0 Å². The van der Waals surface area contributed by atoms with Crippen molar-refractivity contribution >= 4 is 33.2 Å². The Bertz CT molecular complexity index is 776. The van der Waals surface area contributed by atoms with Crippen LogP contribution in [0.3, 0.4) is 0 Å². The number of rotatable bonds is 11. The van der Waals surface area contributed by atoms with Crippen LogP contribution in [0.5, 0.6) is 0 Å². The maximum Gasteiger partial charge on any atom is -0.00385 e. The maximum absolute atomic E-state index is 3.33. The third-order valence-electron chi connectivity index (χ3n) is 6.05. The molecule has 0 bridgehead atoms. The van der Waals surface area contributed by atoms with Gasteiger partial charge in [0, 0.05) is 0 Å². The molecule has 0 aromatic heterocycles. The second-order valence-electron chi connectivity index (χ2n) is 8.44. The Morgan fingerprint density at radius 3 is 1.53 bits per heavy atom. The lowest BCUT2D eigenvalue weighted by molar-refractivity contribution is 0.332. The van der Waals surface area contributed by atoms with Crippen LogP contribution in [0, 0.1) is 5.92 Å². The summed E-state index contributed by atoms with van der Waals surface area (Å²) in [5, 5.41) is 0.145. The van der Waals surface area contributed by atoms with Crippen LogP contribution in [0.25, 0.3) is 0 Å². The van der Waals surface area contributed by atoms with Crippen molar-refractivity contribution in [2.45, 2.75) is 57.0 Å². The fourth-order valence-electron chi connectivity index (χ4n) is 4.44. The van der Waals surface area contributed by atoms with Crippen molar-refractivity contribution in [3.05, 3.63) is 108 Å². The van der Waals surface area contributed by atoms with E-state index in [4.69, 9.17) is 0 Å². The van der Waals surface area contributed by atoms with E-state index in [1.807, 2.05) is 0 Å². The van der Waals surface area contributed by atoms with Gasteiger partial charge in [-0.3, -0.25) is 0 Å². The summed E-state index contributed by atoms with van der Waals surface area (Å²) in [6, 6.07) is 33.1. The van der Waals surface area contributed by atoms with Crippen LogP contribution >= 0.6 is 33.2 Å². The minimum Gasteiger partial charge on any atom is -0.130 e. The Morgan fingerprint density at radius 2 is 1.10 bits per heavy atom. The molecule has 2 atom stereocenters. The molecule has 0 spiro atoms. The van der Waals surface area contributed by atoms with Crippen LogP contribution in [0.1, 0.15) is 49.3 Å². The molecule has 0 aliphatic carbocycles. The first-order chi connectivity index (χ1) is 14.2. The highest BCUT2D eigenvalue weighted by molar-refractivity contribution is 14.0. The molecule has 0 radical (unpaired) electrons. The Kier molecular flexibility index (Phi) is 11.1. The van der Waals surface area contributed by atoms with E-state index < -0.39 is 0 Å². The summed E-state index contributed by atoms with van der Waals surface area (Å²) in [5.74, 6) is 0.627. The number of hydrogen-bond acceptors (Lipinski definition) is 0. The molecule has 0 aliphatic rings. The predicted molar refractivity (Wildman–Crippen MR) is 146 cm³/mol. The van der Waals surface area contributed by atoms with Gasteiger partial charge in [0.25, 0.3) is 0 Å². The molecular weight excluding hydrogens is 494 g/mol. The van der Waals surface area contributed by atoms with E-state index in [1.165, 1.54) is 42.4 Å². The Hall–Kier alpha value is -1.18. The average Bonchev–Trinajstić information content (AvgIpc) is 2.75. The van der Waals surface area contributed by atoms with Crippen molar-refractivity contribution in [2.75, 3.05) is 0 Å². The van der Waals surface area contributed by atoms with Gasteiger partial charge in [0.15, 0.2) is 0 Å². The van der Waals surface area contributed by atoms with E-state index >= 15 is 0 Å². The first kappa shape index (κ1) is 25.1. The van der Waals surface area contributed by atoms with Gasteiger partial charge in [-0.15, -0.1) is 33.2 Å². The van der Waals surface area contributed by atoms with Crippen LogP contribution in [0.2, 0.25) is 0 Å². The SMILES string of the molecule is CCCCCC(Cc1ccccc1)C(P)(Cc1ccccc1)Cc1ccccc1.I. The fraction of sp³-hybridized carbons (Fsp3) is 0.357. The zero-order chi connectivity index (χ0) is 20.4. The minimum atomic E-state index is 0. The van der Waals surface area contributed by atoms with Gasteiger partial charge >= 0.3 is 0 Å². The van der Waals surface area contributed by atoms with E-state index in [0.717, 1.165) is 19.3 Å². The summed E-state index contributed by atoms with van der Waals surface area (Å²) in [5.41, 5.74) is 4.33. The molecule has 0 N–H and O–H groups in total. The molecule has 0 saturated carbocycles. The number of unbranched alkanes of at least 4 members (excludes halogenated alkanes) is 2. The highest BCUT2D eigenvalue weighted by Crippen LogP contribution is 2.40. The fourth-order valence-corrected chi connectivity index (χ4v) is 5.19. The van der Waals surface area contributed by atoms with Crippen molar-refractivity contribution in [3.63, 3.8) is 0 Å². The molecule has 0 amide bonds. The first-order valence-electron chi connectivity index (χ1n) is 11.1. The molecule has 0 fully saturated rings. The lowest BCUT2D eigenvalue weighted by Gasteiger charge is -2.39. The number of benzene rings is 3. The van der Waals surface area contributed by atoms with Crippen molar-refractivity contribution in [1.29, 1.82) is 0 Å². The van der Waals surface area contributed by atoms with Crippen molar-refractivity contribution in [3.8, 4) is 0 Å². The number of hydrogen-bond donors (Lipinski definition) is 0. The normalized spacial score (nSPS) is 12.2. The summed E-state index contributed by atoms with van der Waals surface area (Å²) < 4.78 is 0. The molecule has 160 valence electrons. The van der Waals surface area contributed by atoms with Gasteiger partial charge in [-0.1, -0.05) is 117 Å². The van der Waals surface area contributed by atoms with E-state index in [9.17, 15) is 0 Å². The monoisotopic (exact) mass is 530 g/mol. The third kappa shape index (κ3) is 7.82. The highest BCUT2D eigenvalue weighted by atomic mass is 127. The minimum absolute atomic E-state index is 0. The topological polar surface area (TPSA) is 0 Å². The second kappa shape index (κ2) is 13.3. The Balaban J connectivity index is 0.00000320. The summed E-state index contributed by atoms with van der Waals surface area (Å²) in [7, 11) is 3.33. The molecule has 0 nitrogen and oxygen atoms in total. The van der Waals surface area contributed by atoms with Gasteiger partial charge in [0.05, 0.1) is 0 Å². The van der Waals surface area contributed by atoms with Gasteiger partial charge in [-0.2, -0.15) is 0 Å². The quantitative estimate of drug-likeness (QED) is 0.133. The lowest BCUT2D eigenvalue weighted by Crippen LogP contribution is -2.38. The average molecular weight is 530 g/mol. The third-order valence-corrected chi connectivity index (χ3v) is 6.93. The van der Waals surface area contributed by atoms with Crippen LogP contribution < -0.4 is 0 Å². The van der Waals surface area contributed by atoms with Gasteiger partial charge in [-0.25, -0.2) is 0 Å². The number of halogens is 1. The molecule has 30 heavy (non-hydrogen) atoms. The van der Waals surface area contributed by atoms with Crippen LogP contribution in [-0.2, 0) is 19.3 Å². The van der Waals surface area contributed by atoms with Gasteiger partial charge in [0.1, 0.15) is 0 Å². The molecule has 3 aromatic rings.